The molecule has 1 aromatic carbocycles. The van der Waals surface area contributed by atoms with Crippen molar-refractivity contribution in [3.05, 3.63) is 24.3 Å². The van der Waals surface area contributed by atoms with Gasteiger partial charge in [-0.25, -0.2) is 13.2 Å². The van der Waals surface area contributed by atoms with Crippen molar-refractivity contribution in [1.82, 2.24) is 0 Å². The maximum absolute atomic E-state index is 11.4. The SMILES string of the molecule is CCC(Nc1ccc(S(C)(=O)=O)cc1)C(=O)OC. The molecule has 0 radical (unpaired) electrons. The van der Waals surface area contributed by atoms with E-state index in [0.717, 1.165) is 6.26 Å². The number of benzene rings is 1. The summed E-state index contributed by atoms with van der Waals surface area (Å²) in [4.78, 5) is 11.6. The standard InChI is InChI=1S/C12H17NO4S/c1-4-11(12(14)17-2)13-9-5-7-10(8-6-9)18(3,15)16/h5-8,11,13H,4H2,1-3H3. The fourth-order valence-corrected chi connectivity index (χ4v) is 2.10. The van der Waals surface area contributed by atoms with Crippen LogP contribution in [-0.2, 0) is 19.4 Å². The molecular formula is C12H17NO4S. The van der Waals surface area contributed by atoms with Crippen molar-refractivity contribution in [1.29, 1.82) is 0 Å². The molecule has 5 nitrogen and oxygen atoms in total. The summed E-state index contributed by atoms with van der Waals surface area (Å²) in [6.07, 6.45) is 1.74. The number of esters is 1. The summed E-state index contributed by atoms with van der Waals surface area (Å²) in [5, 5.41) is 2.99. The molecular weight excluding hydrogens is 254 g/mol. The highest BCUT2D eigenvalue weighted by Crippen LogP contribution is 2.15. The van der Waals surface area contributed by atoms with Gasteiger partial charge in [0.25, 0.3) is 0 Å². The lowest BCUT2D eigenvalue weighted by Gasteiger charge is -2.15. The molecule has 0 heterocycles. The van der Waals surface area contributed by atoms with E-state index in [1.165, 1.54) is 19.2 Å². The van der Waals surface area contributed by atoms with Gasteiger partial charge in [-0.2, -0.15) is 0 Å². The quantitative estimate of drug-likeness (QED) is 0.821. The van der Waals surface area contributed by atoms with Gasteiger partial charge in [-0.3, -0.25) is 0 Å². The van der Waals surface area contributed by atoms with Crippen LogP contribution >= 0.6 is 0 Å². The van der Waals surface area contributed by atoms with Gasteiger partial charge in [-0.05, 0) is 30.7 Å². The number of nitrogens with one attached hydrogen (secondary N) is 1. The van der Waals surface area contributed by atoms with E-state index < -0.39 is 15.9 Å². The monoisotopic (exact) mass is 271 g/mol. The zero-order valence-corrected chi connectivity index (χ0v) is 11.5. The molecule has 1 N–H and O–H groups in total. The first-order valence-corrected chi connectivity index (χ1v) is 7.42. The summed E-state index contributed by atoms with van der Waals surface area (Å²) >= 11 is 0. The van der Waals surface area contributed by atoms with Crippen LogP contribution in [0.25, 0.3) is 0 Å². The van der Waals surface area contributed by atoms with Gasteiger partial charge in [-0.1, -0.05) is 6.92 Å². The van der Waals surface area contributed by atoms with Crippen LogP contribution in [0.5, 0.6) is 0 Å². The molecule has 1 unspecified atom stereocenters. The highest BCUT2D eigenvalue weighted by Gasteiger charge is 2.16. The fourth-order valence-electron chi connectivity index (χ4n) is 1.47. The maximum Gasteiger partial charge on any atom is 0.328 e. The normalized spacial score (nSPS) is 12.8. The van der Waals surface area contributed by atoms with Crippen LogP contribution in [0.15, 0.2) is 29.2 Å². The third kappa shape index (κ3) is 3.73. The van der Waals surface area contributed by atoms with Gasteiger partial charge in [0.05, 0.1) is 12.0 Å². The Balaban J connectivity index is 2.83. The van der Waals surface area contributed by atoms with Crippen LogP contribution in [0.1, 0.15) is 13.3 Å². The van der Waals surface area contributed by atoms with Crippen LogP contribution in [0.4, 0.5) is 5.69 Å². The molecule has 100 valence electrons. The van der Waals surface area contributed by atoms with Crippen molar-refractivity contribution in [3.8, 4) is 0 Å². The minimum atomic E-state index is -3.19. The first kappa shape index (κ1) is 14.5. The zero-order valence-electron chi connectivity index (χ0n) is 10.6. The molecule has 6 heteroatoms. The van der Waals surface area contributed by atoms with Crippen LogP contribution in [0.3, 0.4) is 0 Å². The molecule has 0 aliphatic carbocycles. The minimum Gasteiger partial charge on any atom is -0.467 e. The van der Waals surface area contributed by atoms with Gasteiger partial charge in [0.15, 0.2) is 9.84 Å². The summed E-state index contributed by atoms with van der Waals surface area (Å²) in [7, 11) is -1.86. The number of hydrogen-bond donors (Lipinski definition) is 1. The number of ether oxygens (including phenoxy) is 1. The molecule has 0 aliphatic heterocycles. The number of methoxy groups -OCH3 is 1. The second kappa shape index (κ2) is 5.86. The number of carbonyl (C=O) groups is 1. The number of sulfone groups is 1. The average Bonchev–Trinajstić information content (AvgIpc) is 2.34. The highest BCUT2D eigenvalue weighted by atomic mass is 32.2. The van der Waals surface area contributed by atoms with E-state index >= 15 is 0 Å². The first-order valence-electron chi connectivity index (χ1n) is 5.53. The molecule has 0 fully saturated rings. The van der Waals surface area contributed by atoms with E-state index in [1.807, 2.05) is 6.92 Å². The Bertz CT molecular complexity index is 507. The van der Waals surface area contributed by atoms with E-state index in [9.17, 15) is 13.2 Å². The van der Waals surface area contributed by atoms with E-state index in [2.05, 4.69) is 10.1 Å². The Kier molecular flexibility index (Phi) is 4.72. The third-order valence-corrected chi connectivity index (χ3v) is 3.65. The summed E-state index contributed by atoms with van der Waals surface area (Å²) < 4.78 is 27.2. The van der Waals surface area contributed by atoms with Crippen molar-refractivity contribution in [2.24, 2.45) is 0 Å². The third-order valence-electron chi connectivity index (χ3n) is 2.52. The topological polar surface area (TPSA) is 72.5 Å². The summed E-state index contributed by atoms with van der Waals surface area (Å²) in [6.45, 7) is 1.86. The van der Waals surface area contributed by atoms with Crippen LogP contribution < -0.4 is 5.32 Å². The van der Waals surface area contributed by atoms with Crippen molar-refractivity contribution in [2.45, 2.75) is 24.3 Å². The molecule has 1 rings (SSSR count). The average molecular weight is 271 g/mol. The number of anilines is 1. The largest absolute Gasteiger partial charge is 0.467 e. The predicted molar refractivity (Wildman–Crippen MR) is 69.3 cm³/mol. The Morgan fingerprint density at radius 3 is 2.28 bits per heavy atom. The van der Waals surface area contributed by atoms with Gasteiger partial charge in [0, 0.05) is 11.9 Å². The summed E-state index contributed by atoms with van der Waals surface area (Å²) in [5.41, 5.74) is 0.680. The molecule has 0 bridgehead atoms. The van der Waals surface area contributed by atoms with E-state index in [-0.39, 0.29) is 10.9 Å². The van der Waals surface area contributed by atoms with Crippen LogP contribution in [0.2, 0.25) is 0 Å². The molecule has 0 saturated heterocycles. The van der Waals surface area contributed by atoms with Gasteiger partial charge < -0.3 is 10.1 Å². The smallest absolute Gasteiger partial charge is 0.328 e. The van der Waals surface area contributed by atoms with Crippen LogP contribution in [-0.4, -0.2) is 33.8 Å². The molecule has 0 spiro atoms. The Morgan fingerprint density at radius 1 is 1.33 bits per heavy atom. The molecule has 0 saturated carbocycles. The molecule has 18 heavy (non-hydrogen) atoms. The van der Waals surface area contributed by atoms with Gasteiger partial charge in [0.1, 0.15) is 6.04 Å². The van der Waals surface area contributed by atoms with Crippen molar-refractivity contribution >= 4 is 21.5 Å². The fraction of sp³-hybridized carbons (Fsp3) is 0.417. The zero-order chi connectivity index (χ0) is 13.8. The first-order chi connectivity index (χ1) is 8.38. The Labute approximate surface area is 107 Å². The van der Waals surface area contributed by atoms with E-state index in [0.29, 0.717) is 12.1 Å². The van der Waals surface area contributed by atoms with Gasteiger partial charge >= 0.3 is 5.97 Å². The van der Waals surface area contributed by atoms with Gasteiger partial charge in [0.2, 0.25) is 0 Å². The van der Waals surface area contributed by atoms with Crippen LogP contribution in [0, 0.1) is 0 Å². The molecule has 1 atom stereocenters. The van der Waals surface area contributed by atoms with Crippen molar-refractivity contribution < 1.29 is 17.9 Å². The molecule has 0 aromatic heterocycles. The molecule has 1 aromatic rings. The van der Waals surface area contributed by atoms with E-state index in [1.54, 1.807) is 12.1 Å². The molecule has 0 aliphatic rings. The lowest BCUT2D eigenvalue weighted by molar-refractivity contribution is -0.141. The number of rotatable bonds is 5. The summed E-state index contributed by atoms with van der Waals surface area (Å²) in [6, 6.07) is 5.83. The highest BCUT2D eigenvalue weighted by molar-refractivity contribution is 7.90. The summed E-state index contributed by atoms with van der Waals surface area (Å²) in [5.74, 6) is -0.343. The number of carbonyl (C=O) groups excluding carboxylic acids is 1. The maximum atomic E-state index is 11.4. The van der Waals surface area contributed by atoms with Gasteiger partial charge in [-0.15, -0.1) is 0 Å². The predicted octanol–water partition coefficient (Wildman–Crippen LogP) is 1.45. The Hall–Kier alpha value is -1.56. The molecule has 0 amide bonds. The lowest BCUT2D eigenvalue weighted by atomic mass is 10.2. The second-order valence-electron chi connectivity index (χ2n) is 3.92. The lowest BCUT2D eigenvalue weighted by Crippen LogP contribution is -2.29. The van der Waals surface area contributed by atoms with E-state index in [4.69, 9.17) is 0 Å². The van der Waals surface area contributed by atoms with Crippen molar-refractivity contribution in [3.63, 3.8) is 0 Å². The minimum absolute atomic E-state index is 0.249. The van der Waals surface area contributed by atoms with Crippen molar-refractivity contribution in [2.75, 3.05) is 18.7 Å². The Morgan fingerprint density at radius 2 is 1.89 bits per heavy atom. The number of hydrogen-bond acceptors (Lipinski definition) is 5. The second-order valence-corrected chi connectivity index (χ2v) is 5.94.